The topological polar surface area (TPSA) is 55.1 Å². The first-order valence-corrected chi connectivity index (χ1v) is 5.57. The van der Waals surface area contributed by atoms with Crippen molar-refractivity contribution in [2.75, 3.05) is 6.54 Å². The van der Waals surface area contributed by atoms with Gasteiger partial charge in [0.1, 0.15) is 0 Å². The largest absolute Gasteiger partial charge is 0.354 e. The monoisotopic (exact) mass is 200 g/mol. The number of hydrogen-bond donors (Lipinski definition) is 2. The highest BCUT2D eigenvalue weighted by Crippen LogP contribution is 2.11. The third kappa shape index (κ3) is 3.66. The number of amides is 1. The predicted octanol–water partition coefficient (Wildman–Crippen LogP) is 1.67. The molecule has 0 fully saturated rings. The van der Waals surface area contributed by atoms with E-state index >= 15 is 0 Å². The molecule has 84 valence electrons. The number of nitrogens with two attached hydrogens (primary N) is 1. The van der Waals surface area contributed by atoms with Crippen molar-refractivity contribution in [2.45, 2.75) is 52.5 Å². The zero-order chi connectivity index (χ0) is 11.2. The Balaban J connectivity index is 4.06. The molecule has 0 aliphatic heterocycles. The minimum Gasteiger partial charge on any atom is -0.354 e. The van der Waals surface area contributed by atoms with E-state index in [0.29, 0.717) is 18.8 Å². The van der Waals surface area contributed by atoms with E-state index in [1.54, 1.807) is 0 Å². The second kappa shape index (κ2) is 6.02. The maximum atomic E-state index is 11.7. The van der Waals surface area contributed by atoms with E-state index in [0.717, 1.165) is 13.0 Å². The second-order valence-electron chi connectivity index (χ2n) is 4.09. The summed E-state index contributed by atoms with van der Waals surface area (Å²) in [6.07, 6.45) is 2.46. The van der Waals surface area contributed by atoms with Crippen LogP contribution in [0.3, 0.4) is 0 Å². The molecule has 3 N–H and O–H groups in total. The lowest BCUT2D eigenvalue weighted by Gasteiger charge is -2.25. The third-order valence-electron chi connectivity index (χ3n) is 3.02. The Morgan fingerprint density at radius 3 is 2.21 bits per heavy atom. The molecule has 1 amide bonds. The summed E-state index contributed by atoms with van der Waals surface area (Å²) in [5.74, 6) is 0.514. The Morgan fingerprint density at radius 1 is 1.36 bits per heavy atom. The van der Waals surface area contributed by atoms with Crippen molar-refractivity contribution in [3.05, 3.63) is 0 Å². The fourth-order valence-electron chi connectivity index (χ4n) is 1.16. The van der Waals surface area contributed by atoms with Crippen LogP contribution in [0.15, 0.2) is 0 Å². The number of carbonyl (C=O) groups is 1. The van der Waals surface area contributed by atoms with E-state index in [1.165, 1.54) is 0 Å². The smallest absolute Gasteiger partial charge is 0.240 e. The lowest BCUT2D eigenvalue weighted by atomic mass is 9.93. The van der Waals surface area contributed by atoms with E-state index in [2.05, 4.69) is 19.2 Å². The maximum absolute atomic E-state index is 11.7. The van der Waals surface area contributed by atoms with Crippen LogP contribution in [0.2, 0.25) is 0 Å². The van der Waals surface area contributed by atoms with Gasteiger partial charge in [-0.1, -0.05) is 34.1 Å². The van der Waals surface area contributed by atoms with Gasteiger partial charge in [0.05, 0.1) is 5.54 Å². The SMILES string of the molecule is CCC(C)CNC(=O)C(N)(CC)CC. The van der Waals surface area contributed by atoms with Crippen LogP contribution in [0.25, 0.3) is 0 Å². The highest BCUT2D eigenvalue weighted by Gasteiger charge is 2.29. The van der Waals surface area contributed by atoms with Gasteiger partial charge in [0.15, 0.2) is 0 Å². The minimum absolute atomic E-state index is 0.0113. The molecule has 3 nitrogen and oxygen atoms in total. The quantitative estimate of drug-likeness (QED) is 0.685. The normalized spacial score (nSPS) is 13.8. The van der Waals surface area contributed by atoms with Gasteiger partial charge in [-0.05, 0) is 18.8 Å². The number of hydrogen-bond acceptors (Lipinski definition) is 2. The van der Waals surface area contributed by atoms with Gasteiger partial charge in [0.2, 0.25) is 5.91 Å². The first kappa shape index (κ1) is 13.4. The Bertz CT molecular complexity index is 176. The van der Waals surface area contributed by atoms with Crippen LogP contribution in [0.5, 0.6) is 0 Å². The first-order valence-electron chi connectivity index (χ1n) is 5.57. The van der Waals surface area contributed by atoms with Crippen molar-refractivity contribution in [2.24, 2.45) is 11.7 Å². The Labute approximate surface area is 87.4 Å². The standard InChI is InChI=1S/C11H24N2O/c1-5-9(4)8-13-10(14)11(12,6-2)7-3/h9H,5-8,12H2,1-4H3,(H,13,14). The molecule has 14 heavy (non-hydrogen) atoms. The zero-order valence-electron chi connectivity index (χ0n) is 9.89. The Morgan fingerprint density at radius 2 is 1.86 bits per heavy atom. The molecule has 0 bridgehead atoms. The van der Waals surface area contributed by atoms with Gasteiger partial charge in [-0.3, -0.25) is 4.79 Å². The van der Waals surface area contributed by atoms with Gasteiger partial charge in [0.25, 0.3) is 0 Å². The molecule has 1 atom stereocenters. The summed E-state index contributed by atoms with van der Waals surface area (Å²) in [6.45, 7) is 8.87. The molecule has 0 radical (unpaired) electrons. The van der Waals surface area contributed by atoms with Gasteiger partial charge in [0, 0.05) is 6.54 Å². The van der Waals surface area contributed by atoms with E-state index in [1.807, 2.05) is 13.8 Å². The summed E-state index contributed by atoms with van der Waals surface area (Å²) in [4.78, 5) is 11.7. The summed E-state index contributed by atoms with van der Waals surface area (Å²) in [6, 6.07) is 0. The van der Waals surface area contributed by atoms with Crippen molar-refractivity contribution >= 4 is 5.91 Å². The van der Waals surface area contributed by atoms with Crippen LogP contribution in [0.1, 0.15) is 47.0 Å². The molecule has 1 unspecified atom stereocenters. The highest BCUT2D eigenvalue weighted by atomic mass is 16.2. The van der Waals surface area contributed by atoms with Crippen molar-refractivity contribution < 1.29 is 4.79 Å². The molecular weight excluding hydrogens is 176 g/mol. The van der Waals surface area contributed by atoms with Crippen LogP contribution < -0.4 is 11.1 Å². The molecule has 0 aromatic carbocycles. The molecule has 0 saturated carbocycles. The van der Waals surface area contributed by atoms with E-state index in [4.69, 9.17) is 5.73 Å². The number of rotatable bonds is 6. The van der Waals surface area contributed by atoms with Crippen LogP contribution in [-0.4, -0.2) is 18.0 Å². The van der Waals surface area contributed by atoms with Crippen molar-refractivity contribution in [3.8, 4) is 0 Å². The fraction of sp³-hybridized carbons (Fsp3) is 0.909. The van der Waals surface area contributed by atoms with E-state index < -0.39 is 5.54 Å². The highest BCUT2D eigenvalue weighted by molar-refractivity contribution is 5.85. The van der Waals surface area contributed by atoms with Crippen molar-refractivity contribution in [3.63, 3.8) is 0 Å². The minimum atomic E-state index is -0.673. The van der Waals surface area contributed by atoms with Crippen LogP contribution in [0, 0.1) is 5.92 Å². The molecule has 0 aliphatic rings. The molecule has 0 aromatic rings. The number of nitrogens with one attached hydrogen (secondary N) is 1. The van der Waals surface area contributed by atoms with Gasteiger partial charge in [-0.25, -0.2) is 0 Å². The fourth-order valence-corrected chi connectivity index (χ4v) is 1.16. The Kier molecular flexibility index (Phi) is 5.77. The summed E-state index contributed by atoms with van der Waals surface area (Å²) in [5, 5.41) is 2.91. The molecule has 0 rings (SSSR count). The van der Waals surface area contributed by atoms with Crippen molar-refractivity contribution in [1.82, 2.24) is 5.32 Å². The van der Waals surface area contributed by atoms with Gasteiger partial charge >= 0.3 is 0 Å². The van der Waals surface area contributed by atoms with Gasteiger partial charge in [-0.2, -0.15) is 0 Å². The Hall–Kier alpha value is -0.570. The van der Waals surface area contributed by atoms with Gasteiger partial charge in [-0.15, -0.1) is 0 Å². The average molecular weight is 200 g/mol. The lowest BCUT2D eigenvalue weighted by molar-refractivity contribution is -0.126. The van der Waals surface area contributed by atoms with Crippen LogP contribution >= 0.6 is 0 Å². The summed E-state index contributed by atoms with van der Waals surface area (Å²) < 4.78 is 0. The predicted molar refractivity (Wildman–Crippen MR) is 60.0 cm³/mol. The maximum Gasteiger partial charge on any atom is 0.240 e. The first-order chi connectivity index (χ1) is 6.50. The van der Waals surface area contributed by atoms with E-state index in [-0.39, 0.29) is 5.91 Å². The van der Waals surface area contributed by atoms with E-state index in [9.17, 15) is 4.79 Å². The van der Waals surface area contributed by atoms with Crippen LogP contribution in [-0.2, 0) is 4.79 Å². The summed E-state index contributed by atoms with van der Waals surface area (Å²) >= 11 is 0. The summed E-state index contributed by atoms with van der Waals surface area (Å²) in [7, 11) is 0. The molecule has 0 heterocycles. The number of carbonyl (C=O) groups excluding carboxylic acids is 1. The lowest BCUT2D eigenvalue weighted by Crippen LogP contribution is -2.53. The van der Waals surface area contributed by atoms with Crippen LogP contribution in [0.4, 0.5) is 0 Å². The van der Waals surface area contributed by atoms with Gasteiger partial charge < -0.3 is 11.1 Å². The molecule has 0 spiro atoms. The summed E-state index contributed by atoms with van der Waals surface area (Å²) in [5.41, 5.74) is 5.28. The molecular formula is C11H24N2O. The van der Waals surface area contributed by atoms with Crippen molar-refractivity contribution in [1.29, 1.82) is 0 Å². The molecule has 0 aromatic heterocycles. The molecule has 0 saturated heterocycles. The molecule has 0 aliphatic carbocycles. The molecule has 3 heteroatoms. The second-order valence-corrected chi connectivity index (χ2v) is 4.09. The third-order valence-corrected chi connectivity index (χ3v) is 3.02. The average Bonchev–Trinajstić information content (AvgIpc) is 2.23. The zero-order valence-corrected chi connectivity index (χ0v) is 9.89.